The van der Waals surface area contributed by atoms with Gasteiger partial charge in [0.25, 0.3) is 5.56 Å². The Balaban J connectivity index is 1.50. The van der Waals surface area contributed by atoms with Gasteiger partial charge < -0.3 is 10.3 Å². The fourth-order valence-electron chi connectivity index (χ4n) is 3.06. The Morgan fingerprint density at radius 2 is 2.04 bits per heavy atom. The van der Waals surface area contributed by atoms with Gasteiger partial charge in [0.1, 0.15) is 16.7 Å². The molecular weight excluding hydrogens is 381 g/mol. The van der Waals surface area contributed by atoms with Crippen molar-refractivity contribution in [3.8, 4) is 10.4 Å². The van der Waals surface area contributed by atoms with E-state index in [9.17, 15) is 9.18 Å². The summed E-state index contributed by atoms with van der Waals surface area (Å²) >= 11 is 3.13. The molecule has 4 aromatic rings. The molecule has 4 nitrogen and oxygen atoms in total. The SMILES string of the molecule is C[C@H]([NH2+]CCc1ccc(F)cc1)c1nc2scc(-c3cccs3)c2c(=O)[nH]1. The second kappa shape index (κ2) is 7.72. The van der Waals surface area contributed by atoms with Crippen LogP contribution in [-0.2, 0) is 6.42 Å². The third-order valence-corrected chi connectivity index (χ3v) is 6.32. The molecule has 0 spiro atoms. The van der Waals surface area contributed by atoms with Gasteiger partial charge in [-0.1, -0.05) is 18.2 Å². The molecule has 0 unspecified atom stereocenters. The smallest absolute Gasteiger partial charge is 0.260 e. The van der Waals surface area contributed by atoms with Crippen molar-refractivity contribution in [1.29, 1.82) is 0 Å². The summed E-state index contributed by atoms with van der Waals surface area (Å²) in [6.07, 6.45) is 0.832. The van der Waals surface area contributed by atoms with E-state index in [4.69, 9.17) is 4.98 Å². The zero-order valence-electron chi connectivity index (χ0n) is 14.7. The fourth-order valence-corrected chi connectivity index (χ4v) is 4.83. The summed E-state index contributed by atoms with van der Waals surface area (Å²) in [6.45, 7) is 2.86. The summed E-state index contributed by atoms with van der Waals surface area (Å²) < 4.78 is 13.0. The number of nitrogens with zero attached hydrogens (tertiary/aromatic N) is 1. The van der Waals surface area contributed by atoms with Crippen molar-refractivity contribution in [2.75, 3.05) is 6.54 Å². The number of H-pyrrole nitrogens is 1. The van der Waals surface area contributed by atoms with E-state index < -0.39 is 0 Å². The molecule has 0 radical (unpaired) electrons. The van der Waals surface area contributed by atoms with Crippen molar-refractivity contribution in [2.24, 2.45) is 0 Å². The highest BCUT2D eigenvalue weighted by molar-refractivity contribution is 7.18. The number of thiophene rings is 2. The van der Waals surface area contributed by atoms with Gasteiger partial charge in [0.15, 0.2) is 5.82 Å². The first-order valence-corrected chi connectivity index (χ1v) is 10.5. The molecule has 0 aliphatic rings. The number of hydrogen-bond donors (Lipinski definition) is 2. The maximum atomic E-state index is 13.0. The number of aromatic amines is 1. The van der Waals surface area contributed by atoms with Crippen molar-refractivity contribution >= 4 is 32.9 Å². The molecule has 138 valence electrons. The Kier molecular flexibility index (Phi) is 5.15. The van der Waals surface area contributed by atoms with Gasteiger partial charge in [-0.05, 0) is 36.1 Å². The van der Waals surface area contributed by atoms with Crippen LogP contribution in [-0.4, -0.2) is 16.5 Å². The lowest BCUT2D eigenvalue weighted by molar-refractivity contribution is -0.693. The summed E-state index contributed by atoms with van der Waals surface area (Å²) in [6, 6.07) is 10.6. The molecule has 4 rings (SSSR count). The molecule has 0 saturated heterocycles. The number of quaternary nitrogens is 1. The van der Waals surface area contributed by atoms with E-state index in [1.807, 2.05) is 29.8 Å². The van der Waals surface area contributed by atoms with Gasteiger partial charge in [0.2, 0.25) is 0 Å². The summed E-state index contributed by atoms with van der Waals surface area (Å²) in [5.41, 5.74) is 1.97. The van der Waals surface area contributed by atoms with E-state index in [2.05, 4.69) is 10.3 Å². The first kappa shape index (κ1) is 18.0. The number of rotatable bonds is 6. The summed E-state index contributed by atoms with van der Waals surface area (Å²) in [7, 11) is 0. The normalized spacial score (nSPS) is 12.5. The van der Waals surface area contributed by atoms with Crippen molar-refractivity contribution in [3.05, 3.63) is 74.7 Å². The number of fused-ring (bicyclic) bond motifs is 1. The molecular formula is C20H19FN3OS2+. The Labute approximate surface area is 163 Å². The van der Waals surface area contributed by atoms with Crippen molar-refractivity contribution in [1.82, 2.24) is 9.97 Å². The highest BCUT2D eigenvalue weighted by Crippen LogP contribution is 2.33. The number of nitrogens with one attached hydrogen (secondary N) is 1. The molecule has 1 aromatic carbocycles. The van der Waals surface area contributed by atoms with E-state index in [-0.39, 0.29) is 17.4 Å². The highest BCUT2D eigenvalue weighted by Gasteiger charge is 2.17. The van der Waals surface area contributed by atoms with Gasteiger partial charge >= 0.3 is 0 Å². The van der Waals surface area contributed by atoms with Gasteiger partial charge in [0, 0.05) is 22.2 Å². The van der Waals surface area contributed by atoms with Crippen LogP contribution in [0.15, 0.2) is 52.0 Å². The predicted octanol–water partition coefficient (Wildman–Crippen LogP) is 3.72. The molecule has 0 bridgehead atoms. The number of halogens is 1. The molecule has 27 heavy (non-hydrogen) atoms. The number of hydrogen-bond acceptors (Lipinski definition) is 4. The molecule has 7 heteroatoms. The zero-order valence-corrected chi connectivity index (χ0v) is 16.4. The Bertz CT molecular complexity index is 1100. The predicted molar refractivity (Wildman–Crippen MR) is 109 cm³/mol. The molecule has 0 aliphatic carbocycles. The van der Waals surface area contributed by atoms with E-state index in [0.29, 0.717) is 11.2 Å². The first-order valence-electron chi connectivity index (χ1n) is 8.75. The third-order valence-electron chi connectivity index (χ3n) is 4.55. The van der Waals surface area contributed by atoms with Gasteiger partial charge in [-0.15, -0.1) is 22.7 Å². The van der Waals surface area contributed by atoms with Crippen LogP contribution in [0, 0.1) is 5.82 Å². The van der Waals surface area contributed by atoms with Gasteiger partial charge in [-0.2, -0.15) is 0 Å². The van der Waals surface area contributed by atoms with Gasteiger partial charge in [-0.25, -0.2) is 9.37 Å². The molecule has 1 atom stereocenters. The van der Waals surface area contributed by atoms with E-state index in [0.717, 1.165) is 33.8 Å². The van der Waals surface area contributed by atoms with Crippen LogP contribution in [0.3, 0.4) is 0 Å². The van der Waals surface area contributed by atoms with Crippen molar-refractivity contribution in [2.45, 2.75) is 19.4 Å². The zero-order chi connectivity index (χ0) is 18.8. The highest BCUT2D eigenvalue weighted by atomic mass is 32.1. The van der Waals surface area contributed by atoms with Crippen molar-refractivity contribution in [3.63, 3.8) is 0 Å². The maximum Gasteiger partial charge on any atom is 0.260 e. The number of nitrogens with two attached hydrogens (primary N) is 1. The molecule has 3 aromatic heterocycles. The Morgan fingerprint density at radius 1 is 1.22 bits per heavy atom. The largest absolute Gasteiger partial charge is 0.337 e. The van der Waals surface area contributed by atoms with Crippen LogP contribution in [0.1, 0.15) is 24.4 Å². The summed E-state index contributed by atoms with van der Waals surface area (Å²) in [4.78, 5) is 22.2. The standard InChI is InChI=1S/C20H18FN3OS2/c1-12(22-9-8-13-4-6-14(21)7-5-13)18-23-19(25)17-15(11-27-20(17)24-18)16-3-2-10-26-16/h2-7,10-12,22H,8-9H2,1H3,(H,23,24,25)/p+1/t12-/m0/s1. The average Bonchev–Trinajstić information content (AvgIpc) is 3.32. The minimum absolute atomic E-state index is 0.0369. The van der Waals surface area contributed by atoms with Crippen LogP contribution in [0.5, 0.6) is 0 Å². The number of benzene rings is 1. The molecule has 0 amide bonds. The first-order chi connectivity index (χ1) is 13.1. The Morgan fingerprint density at radius 3 is 2.78 bits per heavy atom. The maximum absolute atomic E-state index is 13.0. The Hall–Kier alpha value is -2.35. The van der Waals surface area contributed by atoms with Gasteiger partial charge in [-0.3, -0.25) is 4.79 Å². The van der Waals surface area contributed by atoms with Crippen LogP contribution in [0.4, 0.5) is 4.39 Å². The van der Waals surface area contributed by atoms with Crippen LogP contribution >= 0.6 is 22.7 Å². The fraction of sp³-hybridized carbons (Fsp3) is 0.200. The lowest BCUT2D eigenvalue weighted by atomic mass is 10.1. The molecule has 3 N–H and O–H groups in total. The summed E-state index contributed by atoms with van der Waals surface area (Å²) in [5, 5.41) is 6.82. The third kappa shape index (κ3) is 3.85. The van der Waals surface area contributed by atoms with E-state index in [1.54, 1.807) is 23.5 Å². The minimum Gasteiger partial charge on any atom is -0.337 e. The van der Waals surface area contributed by atoms with E-state index >= 15 is 0 Å². The lowest BCUT2D eigenvalue weighted by Crippen LogP contribution is -2.85. The van der Waals surface area contributed by atoms with Crippen LogP contribution in [0.2, 0.25) is 0 Å². The van der Waals surface area contributed by atoms with Gasteiger partial charge in [0.05, 0.1) is 11.9 Å². The quantitative estimate of drug-likeness (QED) is 0.518. The minimum atomic E-state index is -0.218. The van der Waals surface area contributed by atoms with E-state index in [1.165, 1.54) is 23.5 Å². The number of aromatic nitrogens is 2. The molecule has 0 aliphatic heterocycles. The molecule has 0 saturated carbocycles. The monoisotopic (exact) mass is 400 g/mol. The van der Waals surface area contributed by atoms with Crippen molar-refractivity contribution < 1.29 is 9.71 Å². The van der Waals surface area contributed by atoms with Crippen LogP contribution in [0.25, 0.3) is 20.7 Å². The summed E-state index contributed by atoms with van der Waals surface area (Å²) in [5.74, 6) is 0.468. The van der Waals surface area contributed by atoms with Crippen LogP contribution < -0.4 is 10.9 Å². The lowest BCUT2D eigenvalue weighted by Gasteiger charge is -2.10. The average molecular weight is 401 g/mol. The molecule has 0 fully saturated rings. The second-order valence-electron chi connectivity index (χ2n) is 6.45. The molecule has 3 heterocycles. The second-order valence-corrected chi connectivity index (χ2v) is 8.25. The topological polar surface area (TPSA) is 62.4 Å².